The van der Waals surface area contributed by atoms with Gasteiger partial charge >= 0.3 is 0 Å². The van der Waals surface area contributed by atoms with E-state index in [1.54, 1.807) is 0 Å². The quantitative estimate of drug-likeness (QED) is 0.772. The number of nitrogens with one attached hydrogen (secondary N) is 2. The van der Waals surface area contributed by atoms with E-state index in [2.05, 4.69) is 10.6 Å². The lowest BCUT2D eigenvalue weighted by molar-refractivity contribution is 0.0707. The molecule has 146 valence electrons. The van der Waals surface area contributed by atoms with Crippen molar-refractivity contribution in [2.24, 2.45) is 0 Å². The standard InChI is InChI=1S/C18H23N3O5S/c22-17(20-13-3-1-7-19-10-13)12-5-6-15-16(9-12)27(24,25)21(18(15)23)11-14-4-2-8-26-14/h5-6,9,13-14,19H,1-4,7-8,10-11H2,(H,20,22). The van der Waals surface area contributed by atoms with E-state index >= 15 is 0 Å². The molecule has 0 aliphatic carbocycles. The van der Waals surface area contributed by atoms with Crippen molar-refractivity contribution in [2.75, 3.05) is 26.2 Å². The van der Waals surface area contributed by atoms with Gasteiger partial charge in [0.2, 0.25) is 0 Å². The maximum Gasteiger partial charge on any atom is 0.269 e. The SMILES string of the molecule is O=C(NC1CCCNC1)c1ccc2c(c1)S(=O)(=O)N(CC1CCCO1)C2=O. The Morgan fingerprint density at radius 2 is 2.15 bits per heavy atom. The summed E-state index contributed by atoms with van der Waals surface area (Å²) in [6, 6.07) is 4.27. The largest absolute Gasteiger partial charge is 0.376 e. The third-order valence-electron chi connectivity index (χ3n) is 5.29. The highest BCUT2D eigenvalue weighted by molar-refractivity contribution is 7.90. The Morgan fingerprint density at radius 3 is 2.85 bits per heavy atom. The molecule has 0 aromatic heterocycles. The molecule has 8 nitrogen and oxygen atoms in total. The summed E-state index contributed by atoms with van der Waals surface area (Å²) in [7, 11) is -3.96. The molecular weight excluding hydrogens is 370 g/mol. The van der Waals surface area contributed by atoms with E-state index in [1.807, 2.05) is 0 Å². The number of hydrogen-bond acceptors (Lipinski definition) is 6. The van der Waals surface area contributed by atoms with Crippen molar-refractivity contribution in [1.29, 1.82) is 0 Å². The van der Waals surface area contributed by atoms with Gasteiger partial charge in [-0.05, 0) is 50.4 Å². The van der Waals surface area contributed by atoms with Crippen LogP contribution in [0.3, 0.4) is 0 Å². The van der Waals surface area contributed by atoms with Gasteiger partial charge in [0.1, 0.15) is 4.90 Å². The summed E-state index contributed by atoms with van der Waals surface area (Å²) < 4.78 is 32.1. The normalized spacial score (nSPS) is 26.8. The number of carbonyl (C=O) groups is 2. The average Bonchev–Trinajstić information content (AvgIpc) is 3.24. The first-order valence-corrected chi connectivity index (χ1v) is 10.7. The number of fused-ring (bicyclic) bond motifs is 1. The molecule has 27 heavy (non-hydrogen) atoms. The van der Waals surface area contributed by atoms with E-state index in [0.29, 0.717) is 13.2 Å². The second kappa shape index (κ2) is 7.21. The molecule has 2 atom stereocenters. The summed E-state index contributed by atoms with van der Waals surface area (Å²) in [4.78, 5) is 25.0. The van der Waals surface area contributed by atoms with Gasteiger partial charge in [0.25, 0.3) is 21.8 Å². The highest BCUT2D eigenvalue weighted by Gasteiger charge is 2.43. The lowest BCUT2D eigenvalue weighted by atomic mass is 10.1. The van der Waals surface area contributed by atoms with Gasteiger partial charge in [0.05, 0.1) is 18.2 Å². The van der Waals surface area contributed by atoms with Crippen molar-refractivity contribution in [1.82, 2.24) is 14.9 Å². The Balaban J connectivity index is 1.55. The van der Waals surface area contributed by atoms with Crippen LogP contribution < -0.4 is 10.6 Å². The van der Waals surface area contributed by atoms with E-state index in [9.17, 15) is 18.0 Å². The number of nitrogens with zero attached hydrogens (tertiary/aromatic N) is 1. The van der Waals surface area contributed by atoms with Crippen LogP contribution in [0, 0.1) is 0 Å². The lowest BCUT2D eigenvalue weighted by Crippen LogP contribution is -2.45. The fourth-order valence-corrected chi connectivity index (χ4v) is 5.44. The molecule has 1 aromatic carbocycles. The third kappa shape index (κ3) is 3.46. The Kier molecular flexibility index (Phi) is 4.92. The molecule has 1 aromatic rings. The lowest BCUT2D eigenvalue weighted by Gasteiger charge is -2.23. The number of hydrogen-bond donors (Lipinski definition) is 2. The van der Waals surface area contributed by atoms with E-state index < -0.39 is 15.9 Å². The average molecular weight is 393 g/mol. The minimum atomic E-state index is -3.96. The highest BCUT2D eigenvalue weighted by atomic mass is 32.2. The van der Waals surface area contributed by atoms with Gasteiger partial charge < -0.3 is 15.4 Å². The molecule has 3 heterocycles. The zero-order valence-electron chi connectivity index (χ0n) is 14.9. The minimum absolute atomic E-state index is 0.0190. The Labute approximate surface area is 158 Å². The smallest absolute Gasteiger partial charge is 0.269 e. The van der Waals surface area contributed by atoms with Crippen molar-refractivity contribution in [3.05, 3.63) is 29.3 Å². The summed E-state index contributed by atoms with van der Waals surface area (Å²) in [5, 5.41) is 6.14. The fraction of sp³-hybridized carbons (Fsp3) is 0.556. The van der Waals surface area contributed by atoms with Crippen molar-refractivity contribution in [3.63, 3.8) is 0 Å². The van der Waals surface area contributed by atoms with Crippen molar-refractivity contribution in [2.45, 2.75) is 42.7 Å². The molecule has 0 spiro atoms. The van der Waals surface area contributed by atoms with E-state index in [0.717, 1.165) is 36.5 Å². The Hall–Kier alpha value is -1.97. The number of benzene rings is 1. The molecule has 2 unspecified atom stereocenters. The second-order valence-corrected chi connectivity index (χ2v) is 9.03. The number of amides is 2. The molecule has 0 saturated carbocycles. The molecule has 0 radical (unpaired) electrons. The zero-order valence-corrected chi connectivity index (χ0v) is 15.8. The minimum Gasteiger partial charge on any atom is -0.376 e. The van der Waals surface area contributed by atoms with Gasteiger partial charge in [-0.2, -0.15) is 0 Å². The van der Waals surface area contributed by atoms with Crippen LogP contribution >= 0.6 is 0 Å². The molecule has 0 bridgehead atoms. The maximum absolute atomic E-state index is 12.9. The summed E-state index contributed by atoms with van der Waals surface area (Å²) in [5.74, 6) is -0.879. The molecule has 2 amide bonds. The fourth-order valence-electron chi connectivity index (χ4n) is 3.81. The number of rotatable bonds is 4. The van der Waals surface area contributed by atoms with Crippen LogP contribution in [0.5, 0.6) is 0 Å². The summed E-state index contributed by atoms with van der Waals surface area (Å²) in [6.07, 6.45) is 3.20. The molecule has 3 aliphatic heterocycles. The third-order valence-corrected chi connectivity index (χ3v) is 7.08. The predicted octanol–water partition coefficient (Wildman–Crippen LogP) is 0.492. The van der Waals surface area contributed by atoms with Crippen LogP contribution in [0.25, 0.3) is 0 Å². The van der Waals surface area contributed by atoms with Gasteiger partial charge in [-0.3, -0.25) is 9.59 Å². The Bertz CT molecular complexity index is 858. The topological polar surface area (TPSA) is 105 Å². The first-order chi connectivity index (χ1) is 13.0. The molecule has 9 heteroatoms. The first-order valence-electron chi connectivity index (χ1n) is 9.31. The van der Waals surface area contributed by atoms with Crippen LogP contribution in [0.4, 0.5) is 0 Å². The van der Waals surface area contributed by atoms with Crippen LogP contribution in [-0.4, -0.2) is 62.9 Å². The molecule has 4 rings (SSSR count). The molecular formula is C18H23N3O5S. The highest BCUT2D eigenvalue weighted by Crippen LogP contribution is 2.32. The molecule has 3 aliphatic rings. The van der Waals surface area contributed by atoms with Crippen LogP contribution in [-0.2, 0) is 14.8 Å². The summed E-state index contributed by atoms with van der Waals surface area (Å²) in [6.45, 7) is 2.24. The Morgan fingerprint density at radius 1 is 1.30 bits per heavy atom. The predicted molar refractivity (Wildman–Crippen MR) is 97.0 cm³/mol. The molecule has 2 saturated heterocycles. The second-order valence-electron chi connectivity index (χ2n) is 7.20. The van der Waals surface area contributed by atoms with E-state index in [-0.39, 0.29) is 40.6 Å². The summed E-state index contributed by atoms with van der Waals surface area (Å²) >= 11 is 0. The molecule has 2 N–H and O–H groups in total. The number of piperidine rings is 1. The molecule has 2 fully saturated rings. The van der Waals surface area contributed by atoms with Gasteiger partial charge in [-0.1, -0.05) is 0 Å². The van der Waals surface area contributed by atoms with E-state index in [1.165, 1.54) is 18.2 Å². The summed E-state index contributed by atoms with van der Waals surface area (Å²) in [5.41, 5.74) is 0.360. The van der Waals surface area contributed by atoms with Crippen molar-refractivity contribution >= 4 is 21.8 Å². The van der Waals surface area contributed by atoms with Crippen LogP contribution in [0.2, 0.25) is 0 Å². The van der Waals surface area contributed by atoms with Crippen LogP contribution in [0.1, 0.15) is 46.4 Å². The number of carbonyl (C=O) groups excluding carboxylic acids is 2. The monoisotopic (exact) mass is 393 g/mol. The van der Waals surface area contributed by atoms with Gasteiger partial charge in [0.15, 0.2) is 0 Å². The van der Waals surface area contributed by atoms with Gasteiger partial charge in [0, 0.05) is 24.8 Å². The van der Waals surface area contributed by atoms with E-state index in [4.69, 9.17) is 4.74 Å². The number of ether oxygens (including phenoxy) is 1. The van der Waals surface area contributed by atoms with Gasteiger partial charge in [-0.15, -0.1) is 0 Å². The van der Waals surface area contributed by atoms with Crippen molar-refractivity contribution in [3.8, 4) is 0 Å². The zero-order chi connectivity index (χ0) is 19.0. The van der Waals surface area contributed by atoms with Crippen molar-refractivity contribution < 1.29 is 22.7 Å². The first kappa shape index (κ1) is 18.4. The van der Waals surface area contributed by atoms with Gasteiger partial charge in [-0.25, -0.2) is 12.7 Å². The van der Waals surface area contributed by atoms with Crippen LogP contribution in [0.15, 0.2) is 23.1 Å². The number of sulfonamides is 1. The maximum atomic E-state index is 12.9.